The van der Waals surface area contributed by atoms with Crippen LogP contribution in [-0.4, -0.2) is 46.8 Å². The van der Waals surface area contributed by atoms with Crippen LogP contribution in [0, 0.1) is 13.8 Å². The molecule has 11 nitrogen and oxygen atoms in total. The highest BCUT2D eigenvalue weighted by Gasteiger charge is 2.22. The number of primary amides is 1. The van der Waals surface area contributed by atoms with Gasteiger partial charge in [0, 0.05) is 19.0 Å². The van der Waals surface area contributed by atoms with Crippen LogP contribution in [0.3, 0.4) is 0 Å². The van der Waals surface area contributed by atoms with Gasteiger partial charge in [-0.3, -0.25) is 9.59 Å². The molecule has 12 heteroatoms. The standard InChI is InChI=1S/C26H30ClN7O4/c1-14(2)38-22-11-8-18(13-20(22)27)24(35)30-21(25(36)29-5)12-17-6-9-19(10-7-17)31-32-23-15(3)33-34(16(23)4)26(28)37/h6-11,13-14,21H,12H2,1-5H3,(H2,28,37)(H,29,36)(H,30,35)/t21-/m0/s1. The molecule has 0 aliphatic carbocycles. The van der Waals surface area contributed by atoms with Gasteiger partial charge in [-0.1, -0.05) is 23.7 Å². The summed E-state index contributed by atoms with van der Waals surface area (Å²) in [6, 6.07) is 10.2. The number of likely N-dealkylation sites (N-methyl/N-ethyl adjacent to an activating group) is 1. The van der Waals surface area contributed by atoms with Crippen LogP contribution in [0.4, 0.5) is 16.2 Å². The maximum Gasteiger partial charge on any atom is 0.339 e. The van der Waals surface area contributed by atoms with Gasteiger partial charge in [0.15, 0.2) is 0 Å². The summed E-state index contributed by atoms with van der Waals surface area (Å²) < 4.78 is 6.68. The summed E-state index contributed by atoms with van der Waals surface area (Å²) in [5.41, 5.74) is 8.43. The second kappa shape index (κ2) is 12.3. The van der Waals surface area contributed by atoms with Crippen LogP contribution >= 0.6 is 11.6 Å². The van der Waals surface area contributed by atoms with Crippen LogP contribution in [0.1, 0.15) is 41.2 Å². The summed E-state index contributed by atoms with van der Waals surface area (Å²) in [6.45, 7) is 7.14. The molecule has 3 rings (SSSR count). The molecule has 0 bridgehead atoms. The number of carbonyl (C=O) groups is 3. The summed E-state index contributed by atoms with van der Waals surface area (Å²) in [4.78, 5) is 36.8. The topological polar surface area (TPSA) is 153 Å². The van der Waals surface area contributed by atoms with Gasteiger partial charge in [0.1, 0.15) is 17.5 Å². The molecular weight excluding hydrogens is 510 g/mol. The number of aryl methyl sites for hydroxylation is 1. The van der Waals surface area contributed by atoms with Crippen LogP contribution in [-0.2, 0) is 11.2 Å². The molecule has 0 fully saturated rings. The Morgan fingerprint density at radius 2 is 1.79 bits per heavy atom. The van der Waals surface area contributed by atoms with Gasteiger partial charge >= 0.3 is 6.03 Å². The third kappa shape index (κ3) is 6.94. The Morgan fingerprint density at radius 3 is 2.34 bits per heavy atom. The molecule has 0 aliphatic rings. The third-order valence-electron chi connectivity index (χ3n) is 5.53. The Labute approximate surface area is 225 Å². The zero-order chi connectivity index (χ0) is 28.0. The first-order valence-electron chi connectivity index (χ1n) is 11.9. The van der Waals surface area contributed by atoms with E-state index in [-0.39, 0.29) is 18.4 Å². The van der Waals surface area contributed by atoms with E-state index in [0.717, 1.165) is 10.2 Å². The number of amides is 3. The quantitative estimate of drug-likeness (QED) is 0.344. The van der Waals surface area contributed by atoms with Gasteiger partial charge in [-0.15, -0.1) is 5.11 Å². The van der Waals surface area contributed by atoms with E-state index in [1.807, 2.05) is 13.8 Å². The number of carbonyl (C=O) groups excluding carboxylic acids is 3. The Kier molecular flexibility index (Phi) is 9.19. The van der Waals surface area contributed by atoms with Crippen LogP contribution in [0.2, 0.25) is 5.02 Å². The average Bonchev–Trinajstić information content (AvgIpc) is 3.16. The van der Waals surface area contributed by atoms with Gasteiger partial charge in [-0.2, -0.15) is 14.9 Å². The first-order chi connectivity index (χ1) is 18.0. The fourth-order valence-corrected chi connectivity index (χ4v) is 3.88. The minimum atomic E-state index is -0.824. The molecule has 1 aromatic heterocycles. The highest BCUT2D eigenvalue weighted by atomic mass is 35.5. The lowest BCUT2D eigenvalue weighted by atomic mass is 10.0. The molecule has 38 heavy (non-hydrogen) atoms. The number of nitrogens with two attached hydrogens (primary N) is 1. The Morgan fingerprint density at radius 1 is 1.11 bits per heavy atom. The maximum absolute atomic E-state index is 12.9. The molecule has 2 aromatic carbocycles. The highest BCUT2D eigenvalue weighted by molar-refractivity contribution is 6.32. The predicted octanol–water partition coefficient (Wildman–Crippen LogP) is 4.37. The van der Waals surface area contributed by atoms with E-state index < -0.39 is 18.0 Å². The predicted molar refractivity (Wildman–Crippen MR) is 144 cm³/mol. The first kappa shape index (κ1) is 28.3. The molecule has 0 saturated heterocycles. The minimum absolute atomic E-state index is 0.0632. The fourth-order valence-electron chi connectivity index (χ4n) is 3.65. The SMILES string of the molecule is CNC(=O)[C@H](Cc1ccc(N=Nc2c(C)nn(C(N)=O)c2C)cc1)NC(=O)c1ccc(OC(C)C)c(Cl)c1. The minimum Gasteiger partial charge on any atom is -0.489 e. The average molecular weight is 540 g/mol. The van der Waals surface area contributed by atoms with Crippen molar-refractivity contribution in [1.82, 2.24) is 20.4 Å². The second-order valence-corrected chi connectivity index (χ2v) is 9.20. The lowest BCUT2D eigenvalue weighted by molar-refractivity contribution is -0.122. The first-order valence-corrected chi connectivity index (χ1v) is 12.2. The summed E-state index contributed by atoms with van der Waals surface area (Å²) >= 11 is 6.26. The van der Waals surface area contributed by atoms with Crippen molar-refractivity contribution in [2.75, 3.05) is 7.05 Å². The lowest BCUT2D eigenvalue weighted by Crippen LogP contribution is -2.47. The molecule has 0 aliphatic heterocycles. The largest absolute Gasteiger partial charge is 0.489 e. The van der Waals surface area contributed by atoms with Crippen LogP contribution in [0.25, 0.3) is 0 Å². The maximum atomic E-state index is 12.9. The molecular formula is C26H30ClN7O4. The molecule has 1 heterocycles. The summed E-state index contributed by atoms with van der Waals surface area (Å²) in [7, 11) is 1.50. The van der Waals surface area contributed by atoms with Crippen molar-refractivity contribution in [2.24, 2.45) is 16.0 Å². The Bertz CT molecular complexity index is 1370. The zero-order valence-corrected chi connectivity index (χ0v) is 22.5. The Hall–Kier alpha value is -4.25. The van der Waals surface area contributed by atoms with Crippen LogP contribution in [0.15, 0.2) is 52.7 Å². The van der Waals surface area contributed by atoms with Gasteiger partial charge in [0.2, 0.25) is 5.91 Å². The lowest BCUT2D eigenvalue weighted by Gasteiger charge is -2.18. The fraction of sp³-hybridized carbons (Fsp3) is 0.308. The van der Waals surface area contributed by atoms with E-state index in [2.05, 4.69) is 26.0 Å². The Balaban J connectivity index is 1.71. The van der Waals surface area contributed by atoms with Crippen molar-refractivity contribution in [2.45, 2.75) is 46.3 Å². The molecule has 0 unspecified atom stereocenters. The van der Waals surface area contributed by atoms with E-state index in [1.165, 1.54) is 13.1 Å². The molecule has 0 saturated carbocycles. The molecule has 4 N–H and O–H groups in total. The monoisotopic (exact) mass is 539 g/mol. The molecule has 0 spiro atoms. The van der Waals surface area contributed by atoms with Gasteiger partial charge in [-0.05, 0) is 63.6 Å². The van der Waals surface area contributed by atoms with Crippen molar-refractivity contribution in [3.8, 4) is 5.75 Å². The number of hydrogen-bond donors (Lipinski definition) is 3. The molecule has 1 atom stereocenters. The van der Waals surface area contributed by atoms with Crippen molar-refractivity contribution in [3.63, 3.8) is 0 Å². The number of aromatic nitrogens is 2. The van der Waals surface area contributed by atoms with E-state index in [1.54, 1.807) is 50.2 Å². The molecule has 3 amide bonds. The number of rotatable bonds is 9. The number of benzene rings is 2. The van der Waals surface area contributed by atoms with Crippen molar-refractivity contribution >= 4 is 40.8 Å². The van der Waals surface area contributed by atoms with Crippen molar-refractivity contribution < 1.29 is 19.1 Å². The van der Waals surface area contributed by atoms with E-state index >= 15 is 0 Å². The second-order valence-electron chi connectivity index (χ2n) is 8.79. The summed E-state index contributed by atoms with van der Waals surface area (Å²) in [6.07, 6.45) is 0.182. The van der Waals surface area contributed by atoms with Gasteiger partial charge in [-0.25, -0.2) is 4.79 Å². The highest BCUT2D eigenvalue weighted by Crippen LogP contribution is 2.27. The van der Waals surface area contributed by atoms with Gasteiger partial charge in [0.05, 0.1) is 28.2 Å². The van der Waals surface area contributed by atoms with E-state index in [4.69, 9.17) is 22.1 Å². The van der Waals surface area contributed by atoms with Crippen LogP contribution in [0.5, 0.6) is 5.75 Å². The number of nitrogens with one attached hydrogen (secondary N) is 2. The number of nitrogens with zero attached hydrogens (tertiary/aromatic N) is 4. The van der Waals surface area contributed by atoms with Crippen LogP contribution < -0.4 is 21.1 Å². The normalized spacial score (nSPS) is 12.0. The smallest absolute Gasteiger partial charge is 0.339 e. The summed E-state index contributed by atoms with van der Waals surface area (Å²) in [5.74, 6) is -0.306. The number of halogens is 1. The third-order valence-corrected chi connectivity index (χ3v) is 5.82. The molecule has 0 radical (unpaired) electrons. The number of azo groups is 1. The molecule has 200 valence electrons. The number of hydrogen-bond acceptors (Lipinski definition) is 7. The summed E-state index contributed by atoms with van der Waals surface area (Å²) in [5, 5.41) is 18.1. The van der Waals surface area contributed by atoms with Crippen molar-refractivity contribution in [1.29, 1.82) is 0 Å². The molecule has 3 aromatic rings. The van der Waals surface area contributed by atoms with Gasteiger partial charge < -0.3 is 21.1 Å². The number of ether oxygens (including phenoxy) is 1. The van der Waals surface area contributed by atoms with E-state index in [9.17, 15) is 14.4 Å². The van der Waals surface area contributed by atoms with E-state index in [0.29, 0.717) is 39.1 Å². The van der Waals surface area contributed by atoms with Crippen molar-refractivity contribution in [3.05, 3.63) is 70.0 Å². The van der Waals surface area contributed by atoms with Gasteiger partial charge in [0.25, 0.3) is 5.91 Å². The zero-order valence-electron chi connectivity index (χ0n) is 21.8.